The summed E-state index contributed by atoms with van der Waals surface area (Å²) in [6.07, 6.45) is 2.20. The SMILES string of the molecule is N[C@@H](Cc1ccccc1)C(=O)Nc1cccc2[nH]ncc12. The molecule has 3 rings (SSSR count). The first-order valence-corrected chi connectivity index (χ1v) is 6.76. The minimum absolute atomic E-state index is 0.201. The molecule has 5 nitrogen and oxygen atoms in total. The monoisotopic (exact) mass is 280 g/mol. The van der Waals surface area contributed by atoms with Gasteiger partial charge in [0, 0.05) is 5.39 Å². The van der Waals surface area contributed by atoms with E-state index in [0.29, 0.717) is 6.42 Å². The van der Waals surface area contributed by atoms with Crippen molar-refractivity contribution in [3.8, 4) is 0 Å². The van der Waals surface area contributed by atoms with Crippen LogP contribution in [0.1, 0.15) is 5.56 Å². The molecular formula is C16H16N4O. The molecule has 0 saturated carbocycles. The maximum atomic E-state index is 12.2. The average Bonchev–Trinajstić information content (AvgIpc) is 2.98. The molecule has 1 atom stereocenters. The van der Waals surface area contributed by atoms with Crippen molar-refractivity contribution in [1.29, 1.82) is 0 Å². The topological polar surface area (TPSA) is 83.8 Å². The lowest BCUT2D eigenvalue weighted by Crippen LogP contribution is -2.37. The van der Waals surface area contributed by atoms with Crippen LogP contribution in [-0.4, -0.2) is 22.1 Å². The minimum atomic E-state index is -0.588. The van der Waals surface area contributed by atoms with Crippen molar-refractivity contribution < 1.29 is 4.79 Å². The van der Waals surface area contributed by atoms with Gasteiger partial charge in [0.05, 0.1) is 23.4 Å². The molecule has 0 bridgehead atoms. The van der Waals surface area contributed by atoms with Gasteiger partial charge in [0.15, 0.2) is 0 Å². The Morgan fingerprint density at radius 2 is 2.00 bits per heavy atom. The fourth-order valence-electron chi connectivity index (χ4n) is 2.26. The van der Waals surface area contributed by atoms with Gasteiger partial charge in [-0.15, -0.1) is 0 Å². The Hall–Kier alpha value is -2.66. The molecule has 0 saturated heterocycles. The smallest absolute Gasteiger partial charge is 0.241 e. The van der Waals surface area contributed by atoms with E-state index in [1.165, 1.54) is 0 Å². The summed E-state index contributed by atoms with van der Waals surface area (Å²) in [6, 6.07) is 14.8. The predicted octanol–water partition coefficient (Wildman–Crippen LogP) is 2.07. The number of aromatic nitrogens is 2. The standard InChI is InChI=1S/C16H16N4O/c17-13(9-11-5-2-1-3-6-11)16(21)19-14-7-4-8-15-12(14)10-18-20-15/h1-8,10,13H,9,17H2,(H,18,20)(H,19,21)/t13-/m0/s1. The van der Waals surface area contributed by atoms with Crippen molar-refractivity contribution in [2.75, 3.05) is 5.32 Å². The van der Waals surface area contributed by atoms with E-state index in [0.717, 1.165) is 22.2 Å². The van der Waals surface area contributed by atoms with Crippen LogP contribution in [0.3, 0.4) is 0 Å². The fraction of sp³-hybridized carbons (Fsp3) is 0.125. The Bertz CT molecular complexity index is 751. The van der Waals surface area contributed by atoms with Crippen molar-refractivity contribution in [2.24, 2.45) is 5.73 Å². The van der Waals surface area contributed by atoms with Crippen LogP contribution in [0.2, 0.25) is 0 Å². The molecule has 106 valence electrons. The van der Waals surface area contributed by atoms with Crippen LogP contribution >= 0.6 is 0 Å². The third kappa shape index (κ3) is 2.93. The summed E-state index contributed by atoms with van der Waals surface area (Å²) >= 11 is 0. The number of nitrogens with zero attached hydrogens (tertiary/aromatic N) is 1. The van der Waals surface area contributed by atoms with E-state index in [2.05, 4.69) is 15.5 Å². The number of hydrogen-bond donors (Lipinski definition) is 3. The van der Waals surface area contributed by atoms with Crippen LogP contribution in [-0.2, 0) is 11.2 Å². The quantitative estimate of drug-likeness (QED) is 0.684. The fourth-order valence-corrected chi connectivity index (χ4v) is 2.26. The first kappa shape index (κ1) is 13.3. The van der Waals surface area contributed by atoms with E-state index < -0.39 is 6.04 Å². The van der Waals surface area contributed by atoms with E-state index in [1.54, 1.807) is 6.20 Å². The summed E-state index contributed by atoms with van der Waals surface area (Å²) in [7, 11) is 0. The lowest BCUT2D eigenvalue weighted by atomic mass is 10.1. The maximum Gasteiger partial charge on any atom is 0.241 e. The molecule has 0 unspecified atom stereocenters. The highest BCUT2D eigenvalue weighted by Gasteiger charge is 2.15. The number of amides is 1. The van der Waals surface area contributed by atoms with Crippen molar-refractivity contribution >= 4 is 22.5 Å². The van der Waals surface area contributed by atoms with E-state index in [9.17, 15) is 4.79 Å². The van der Waals surface area contributed by atoms with Gasteiger partial charge in [-0.1, -0.05) is 36.4 Å². The van der Waals surface area contributed by atoms with Crippen LogP contribution in [0.15, 0.2) is 54.7 Å². The molecule has 1 amide bonds. The Balaban J connectivity index is 1.72. The van der Waals surface area contributed by atoms with Crippen LogP contribution in [0.5, 0.6) is 0 Å². The molecule has 3 aromatic rings. The van der Waals surface area contributed by atoms with E-state index in [-0.39, 0.29) is 5.91 Å². The molecule has 0 aliphatic heterocycles. The number of H-pyrrole nitrogens is 1. The summed E-state index contributed by atoms with van der Waals surface area (Å²) in [6.45, 7) is 0. The molecule has 1 aromatic heterocycles. The van der Waals surface area contributed by atoms with Crippen molar-refractivity contribution in [3.05, 3.63) is 60.3 Å². The summed E-state index contributed by atoms with van der Waals surface area (Å²) in [5, 5.41) is 10.6. The number of rotatable bonds is 4. The average molecular weight is 280 g/mol. The Labute approximate surface area is 122 Å². The van der Waals surface area contributed by atoms with Gasteiger partial charge < -0.3 is 11.1 Å². The largest absolute Gasteiger partial charge is 0.324 e. The number of carbonyl (C=O) groups is 1. The third-order valence-electron chi connectivity index (χ3n) is 3.38. The first-order chi connectivity index (χ1) is 10.2. The summed E-state index contributed by atoms with van der Waals surface area (Å²) in [5.74, 6) is -0.201. The van der Waals surface area contributed by atoms with Crippen LogP contribution in [0.25, 0.3) is 10.9 Å². The van der Waals surface area contributed by atoms with Crippen molar-refractivity contribution in [1.82, 2.24) is 10.2 Å². The molecule has 0 aliphatic rings. The molecule has 0 spiro atoms. The molecule has 1 heterocycles. The highest BCUT2D eigenvalue weighted by atomic mass is 16.2. The van der Waals surface area contributed by atoms with Crippen molar-refractivity contribution in [3.63, 3.8) is 0 Å². The predicted molar refractivity (Wildman–Crippen MR) is 82.8 cm³/mol. The Morgan fingerprint density at radius 1 is 1.19 bits per heavy atom. The molecular weight excluding hydrogens is 264 g/mol. The van der Waals surface area contributed by atoms with Gasteiger partial charge >= 0.3 is 0 Å². The number of aromatic amines is 1. The number of anilines is 1. The number of fused-ring (bicyclic) bond motifs is 1. The van der Waals surface area contributed by atoms with E-state index in [4.69, 9.17) is 5.73 Å². The zero-order valence-electron chi connectivity index (χ0n) is 11.4. The van der Waals surface area contributed by atoms with E-state index >= 15 is 0 Å². The zero-order chi connectivity index (χ0) is 14.7. The molecule has 0 fully saturated rings. The molecule has 4 N–H and O–H groups in total. The summed E-state index contributed by atoms with van der Waals surface area (Å²) < 4.78 is 0. The van der Waals surface area contributed by atoms with Crippen LogP contribution < -0.4 is 11.1 Å². The second kappa shape index (κ2) is 5.76. The maximum absolute atomic E-state index is 12.2. The Kier molecular flexibility index (Phi) is 3.66. The first-order valence-electron chi connectivity index (χ1n) is 6.76. The number of hydrogen-bond acceptors (Lipinski definition) is 3. The van der Waals surface area contributed by atoms with Crippen LogP contribution in [0, 0.1) is 0 Å². The number of benzene rings is 2. The lowest BCUT2D eigenvalue weighted by Gasteiger charge is -2.13. The second-order valence-corrected chi connectivity index (χ2v) is 4.92. The summed E-state index contributed by atoms with van der Waals surface area (Å²) in [4.78, 5) is 12.2. The summed E-state index contributed by atoms with van der Waals surface area (Å²) in [5.41, 5.74) is 8.62. The van der Waals surface area contributed by atoms with Gasteiger partial charge in [-0.25, -0.2) is 0 Å². The minimum Gasteiger partial charge on any atom is -0.324 e. The molecule has 0 radical (unpaired) electrons. The van der Waals surface area contributed by atoms with Gasteiger partial charge in [-0.05, 0) is 24.1 Å². The van der Waals surface area contributed by atoms with Gasteiger partial charge in [-0.3, -0.25) is 9.89 Å². The normalized spacial score (nSPS) is 12.2. The second-order valence-electron chi connectivity index (χ2n) is 4.92. The van der Waals surface area contributed by atoms with Crippen LogP contribution in [0.4, 0.5) is 5.69 Å². The molecule has 0 aliphatic carbocycles. The van der Waals surface area contributed by atoms with E-state index in [1.807, 2.05) is 48.5 Å². The number of nitrogens with one attached hydrogen (secondary N) is 2. The third-order valence-corrected chi connectivity index (χ3v) is 3.38. The highest BCUT2D eigenvalue weighted by Crippen LogP contribution is 2.21. The van der Waals surface area contributed by atoms with Crippen molar-refractivity contribution in [2.45, 2.75) is 12.5 Å². The zero-order valence-corrected chi connectivity index (χ0v) is 11.4. The molecule has 2 aromatic carbocycles. The van der Waals surface area contributed by atoms with Gasteiger partial charge in [0.2, 0.25) is 5.91 Å². The van der Waals surface area contributed by atoms with Gasteiger partial charge in [0.25, 0.3) is 0 Å². The Morgan fingerprint density at radius 3 is 2.81 bits per heavy atom. The molecule has 21 heavy (non-hydrogen) atoms. The highest BCUT2D eigenvalue weighted by molar-refractivity contribution is 6.02. The number of nitrogens with two attached hydrogens (primary N) is 1. The lowest BCUT2D eigenvalue weighted by molar-refractivity contribution is -0.117. The van der Waals surface area contributed by atoms with Gasteiger partial charge in [-0.2, -0.15) is 5.10 Å². The molecule has 5 heteroatoms. The van der Waals surface area contributed by atoms with Gasteiger partial charge in [0.1, 0.15) is 0 Å². The number of carbonyl (C=O) groups excluding carboxylic acids is 1.